The maximum Gasteiger partial charge on any atom is 0.147 e. The second-order valence-corrected chi connectivity index (χ2v) is 4.30. The van der Waals surface area contributed by atoms with Crippen LogP contribution in [0.25, 0.3) is 0 Å². The molecule has 4 heteroatoms. The van der Waals surface area contributed by atoms with Crippen molar-refractivity contribution < 1.29 is 0 Å². The molecule has 0 bridgehead atoms. The van der Waals surface area contributed by atoms with Crippen LogP contribution < -0.4 is 0 Å². The third-order valence-corrected chi connectivity index (χ3v) is 3.23. The lowest BCUT2D eigenvalue weighted by molar-refractivity contribution is 0.316. The van der Waals surface area contributed by atoms with Gasteiger partial charge in [0.25, 0.3) is 0 Å². The summed E-state index contributed by atoms with van der Waals surface area (Å²) in [7, 11) is 0. The van der Waals surface area contributed by atoms with Gasteiger partial charge >= 0.3 is 0 Å². The molecule has 0 aromatic carbocycles. The van der Waals surface area contributed by atoms with E-state index >= 15 is 0 Å². The van der Waals surface area contributed by atoms with Crippen molar-refractivity contribution in [1.29, 1.82) is 0 Å². The van der Waals surface area contributed by atoms with Gasteiger partial charge in [-0.2, -0.15) is 0 Å². The Kier molecular flexibility index (Phi) is 3.40. The van der Waals surface area contributed by atoms with E-state index in [4.69, 9.17) is 11.6 Å². The molecule has 0 N–H and O–H groups in total. The second-order valence-electron chi connectivity index (χ2n) is 4.04. The number of hydrogen-bond acceptors (Lipinski definition) is 2. The highest BCUT2D eigenvalue weighted by Gasteiger charge is 2.15. The summed E-state index contributed by atoms with van der Waals surface area (Å²) in [5, 5.41) is 7.87. The fourth-order valence-electron chi connectivity index (χ4n) is 2.18. The molecule has 0 saturated heterocycles. The van der Waals surface area contributed by atoms with Gasteiger partial charge in [-0.3, -0.25) is 0 Å². The minimum Gasteiger partial charge on any atom is -0.316 e. The van der Waals surface area contributed by atoms with Crippen molar-refractivity contribution in [3.63, 3.8) is 0 Å². The first-order valence-corrected chi connectivity index (χ1v) is 5.86. The summed E-state index contributed by atoms with van der Waals surface area (Å²) in [6, 6.07) is 0. The molecule has 3 nitrogen and oxygen atoms in total. The van der Waals surface area contributed by atoms with Gasteiger partial charge in [0.05, 0.1) is 5.88 Å². The molecule has 0 amide bonds. The molecule has 1 aromatic heterocycles. The fraction of sp³-hybridized carbons (Fsp3) is 0.800. The van der Waals surface area contributed by atoms with E-state index in [0.717, 1.165) is 18.3 Å². The van der Waals surface area contributed by atoms with Crippen molar-refractivity contribution in [2.24, 2.45) is 5.92 Å². The van der Waals surface area contributed by atoms with Gasteiger partial charge in [-0.05, 0) is 18.8 Å². The number of hydrogen-bond donors (Lipinski definition) is 0. The molecule has 0 unspecified atom stereocenters. The van der Waals surface area contributed by atoms with Crippen molar-refractivity contribution in [3.8, 4) is 0 Å². The zero-order valence-corrected chi connectivity index (χ0v) is 9.08. The molecule has 1 aliphatic carbocycles. The van der Waals surface area contributed by atoms with Gasteiger partial charge in [-0.15, -0.1) is 21.8 Å². The molecule has 1 aromatic rings. The second kappa shape index (κ2) is 4.78. The first-order chi connectivity index (χ1) is 6.90. The summed E-state index contributed by atoms with van der Waals surface area (Å²) in [5.74, 6) is 2.17. The number of aromatic nitrogens is 3. The van der Waals surface area contributed by atoms with Crippen LogP contribution in [0.5, 0.6) is 0 Å². The topological polar surface area (TPSA) is 30.7 Å². The van der Waals surface area contributed by atoms with Gasteiger partial charge in [0, 0.05) is 6.54 Å². The molecule has 78 valence electrons. The number of halogens is 1. The maximum atomic E-state index is 5.77. The van der Waals surface area contributed by atoms with E-state index in [1.807, 2.05) is 0 Å². The Morgan fingerprint density at radius 2 is 2.14 bits per heavy atom. The molecular weight excluding hydrogens is 198 g/mol. The van der Waals surface area contributed by atoms with E-state index in [0.29, 0.717) is 5.88 Å². The fourth-order valence-corrected chi connectivity index (χ4v) is 2.39. The van der Waals surface area contributed by atoms with Gasteiger partial charge in [-0.25, -0.2) is 0 Å². The number of nitrogens with zero attached hydrogens (tertiary/aromatic N) is 3. The van der Waals surface area contributed by atoms with Gasteiger partial charge in [0.1, 0.15) is 12.2 Å². The standard InChI is InChI=1S/C10H16ClN3/c11-6-10-13-12-8-14(10)7-9-4-2-1-3-5-9/h8-9H,1-7H2. The van der Waals surface area contributed by atoms with E-state index in [9.17, 15) is 0 Å². The quantitative estimate of drug-likeness (QED) is 0.723. The maximum absolute atomic E-state index is 5.77. The van der Waals surface area contributed by atoms with E-state index in [2.05, 4.69) is 14.8 Å². The van der Waals surface area contributed by atoms with Crippen molar-refractivity contribution in [1.82, 2.24) is 14.8 Å². The van der Waals surface area contributed by atoms with Crippen LogP contribution in [0.1, 0.15) is 37.9 Å². The smallest absolute Gasteiger partial charge is 0.147 e. The predicted molar refractivity (Wildman–Crippen MR) is 56.2 cm³/mol. The molecule has 1 fully saturated rings. The van der Waals surface area contributed by atoms with Crippen LogP contribution >= 0.6 is 11.6 Å². The van der Waals surface area contributed by atoms with E-state index in [-0.39, 0.29) is 0 Å². The summed E-state index contributed by atoms with van der Waals surface area (Å²) < 4.78 is 2.10. The summed E-state index contributed by atoms with van der Waals surface area (Å²) in [6.45, 7) is 1.05. The minimum absolute atomic E-state index is 0.465. The molecule has 14 heavy (non-hydrogen) atoms. The van der Waals surface area contributed by atoms with Crippen LogP contribution in [0.4, 0.5) is 0 Å². The Morgan fingerprint density at radius 1 is 1.36 bits per heavy atom. The normalized spacial score (nSPS) is 18.6. The monoisotopic (exact) mass is 213 g/mol. The molecule has 2 rings (SSSR count). The van der Waals surface area contributed by atoms with Gasteiger partial charge < -0.3 is 4.57 Å². The Balaban J connectivity index is 1.95. The summed E-state index contributed by atoms with van der Waals surface area (Å²) >= 11 is 5.77. The highest BCUT2D eigenvalue weighted by atomic mass is 35.5. The summed E-state index contributed by atoms with van der Waals surface area (Å²) in [4.78, 5) is 0. The van der Waals surface area contributed by atoms with E-state index < -0.39 is 0 Å². The Bertz CT molecular complexity index is 279. The van der Waals surface area contributed by atoms with Crippen LogP contribution in [-0.2, 0) is 12.4 Å². The molecule has 0 spiro atoms. The van der Waals surface area contributed by atoms with Crippen LogP contribution in [0, 0.1) is 5.92 Å². The van der Waals surface area contributed by atoms with Crippen molar-refractivity contribution in [2.75, 3.05) is 0 Å². The lowest BCUT2D eigenvalue weighted by atomic mass is 9.89. The zero-order chi connectivity index (χ0) is 9.80. The number of rotatable bonds is 3. The third-order valence-electron chi connectivity index (χ3n) is 2.99. The molecule has 0 radical (unpaired) electrons. The van der Waals surface area contributed by atoms with Gasteiger partial charge in [0.2, 0.25) is 0 Å². The molecule has 0 atom stereocenters. The highest BCUT2D eigenvalue weighted by Crippen LogP contribution is 2.25. The first kappa shape index (κ1) is 9.97. The van der Waals surface area contributed by atoms with Crippen LogP contribution in [0.2, 0.25) is 0 Å². The van der Waals surface area contributed by atoms with Crippen molar-refractivity contribution in [3.05, 3.63) is 12.2 Å². The van der Waals surface area contributed by atoms with Crippen LogP contribution in [0.15, 0.2) is 6.33 Å². The third kappa shape index (κ3) is 2.27. The van der Waals surface area contributed by atoms with Gasteiger partial charge in [0.15, 0.2) is 0 Å². The van der Waals surface area contributed by atoms with E-state index in [1.54, 1.807) is 6.33 Å². The van der Waals surface area contributed by atoms with Crippen molar-refractivity contribution >= 4 is 11.6 Å². The summed E-state index contributed by atoms with van der Waals surface area (Å²) in [6.07, 6.45) is 8.65. The Labute approximate surface area is 89.5 Å². The number of alkyl halides is 1. The highest BCUT2D eigenvalue weighted by molar-refractivity contribution is 6.16. The average Bonchev–Trinajstić information content (AvgIpc) is 2.67. The minimum atomic E-state index is 0.465. The molecule has 1 aliphatic rings. The molecule has 1 saturated carbocycles. The Morgan fingerprint density at radius 3 is 2.86 bits per heavy atom. The SMILES string of the molecule is ClCc1nncn1CC1CCCCC1. The van der Waals surface area contributed by atoms with E-state index in [1.165, 1.54) is 32.1 Å². The molecule has 1 heterocycles. The summed E-state index contributed by atoms with van der Waals surface area (Å²) in [5.41, 5.74) is 0. The molecule has 0 aliphatic heterocycles. The van der Waals surface area contributed by atoms with Crippen molar-refractivity contribution in [2.45, 2.75) is 44.5 Å². The lowest BCUT2D eigenvalue weighted by Crippen LogP contribution is -2.15. The van der Waals surface area contributed by atoms with Crippen LogP contribution in [0.3, 0.4) is 0 Å². The average molecular weight is 214 g/mol. The predicted octanol–water partition coefficient (Wildman–Crippen LogP) is 2.60. The van der Waals surface area contributed by atoms with Gasteiger partial charge in [-0.1, -0.05) is 19.3 Å². The molecular formula is C10H16ClN3. The lowest BCUT2D eigenvalue weighted by Gasteiger charge is -2.22. The van der Waals surface area contributed by atoms with Crippen LogP contribution in [-0.4, -0.2) is 14.8 Å². The zero-order valence-electron chi connectivity index (χ0n) is 8.32. The first-order valence-electron chi connectivity index (χ1n) is 5.33. The Hall–Kier alpha value is -0.570. The largest absolute Gasteiger partial charge is 0.316 e.